The number of carbonyl (C=O) groups is 1. The summed E-state index contributed by atoms with van der Waals surface area (Å²) in [6, 6.07) is 0.0638. The first kappa shape index (κ1) is 18.4. The molecule has 0 aromatic carbocycles. The first-order valence-corrected chi connectivity index (χ1v) is 7.38. The van der Waals surface area contributed by atoms with E-state index in [0.717, 1.165) is 19.4 Å². The normalized spacial score (nSPS) is 13.9. The molecule has 0 amide bonds. The molecule has 4 nitrogen and oxygen atoms in total. The molecule has 0 aliphatic rings. The maximum Gasteiger partial charge on any atom is 0.323 e. The van der Waals surface area contributed by atoms with E-state index in [4.69, 9.17) is 4.74 Å². The lowest BCUT2D eigenvalue weighted by Gasteiger charge is -2.35. The molecule has 1 N–H and O–H groups in total. The van der Waals surface area contributed by atoms with Crippen LogP contribution in [0.5, 0.6) is 0 Å². The number of hydrogen-bond donors (Lipinski definition) is 1. The Balaban J connectivity index is 4.45. The van der Waals surface area contributed by atoms with Crippen molar-refractivity contribution in [2.45, 2.75) is 72.0 Å². The number of nitrogens with zero attached hydrogens (tertiary/aromatic N) is 1. The van der Waals surface area contributed by atoms with Crippen molar-refractivity contribution in [2.75, 3.05) is 20.2 Å². The molecule has 0 aromatic rings. The number of rotatable bonds is 9. The highest BCUT2D eigenvalue weighted by Crippen LogP contribution is 2.17. The lowest BCUT2D eigenvalue weighted by Crippen LogP contribution is -2.47. The number of hydrogen-bond acceptors (Lipinski definition) is 4. The SMILES string of the molecule is CCOC(=O)C(CCN(C)C(C)(C)CC)NC(C)C. The van der Waals surface area contributed by atoms with Crippen LogP contribution in [0.1, 0.15) is 54.4 Å². The van der Waals surface area contributed by atoms with Crippen molar-refractivity contribution in [3.05, 3.63) is 0 Å². The fourth-order valence-corrected chi connectivity index (χ4v) is 1.81. The zero-order chi connectivity index (χ0) is 15.1. The van der Waals surface area contributed by atoms with E-state index >= 15 is 0 Å². The van der Waals surface area contributed by atoms with Crippen LogP contribution in [0.3, 0.4) is 0 Å². The monoisotopic (exact) mass is 272 g/mol. The minimum atomic E-state index is -0.213. The first-order valence-electron chi connectivity index (χ1n) is 7.38. The molecule has 0 spiro atoms. The van der Waals surface area contributed by atoms with Crippen molar-refractivity contribution in [1.82, 2.24) is 10.2 Å². The molecule has 4 heteroatoms. The largest absolute Gasteiger partial charge is 0.465 e. The van der Waals surface area contributed by atoms with Gasteiger partial charge in [0.05, 0.1) is 6.61 Å². The van der Waals surface area contributed by atoms with Gasteiger partial charge in [-0.25, -0.2) is 0 Å². The highest BCUT2D eigenvalue weighted by atomic mass is 16.5. The molecular formula is C15H32N2O2. The second kappa shape index (κ2) is 8.54. The number of ether oxygens (including phenoxy) is 1. The van der Waals surface area contributed by atoms with E-state index in [9.17, 15) is 4.79 Å². The third-order valence-electron chi connectivity index (χ3n) is 3.76. The molecule has 0 saturated carbocycles. The average molecular weight is 272 g/mol. The highest BCUT2D eigenvalue weighted by molar-refractivity contribution is 5.75. The average Bonchev–Trinajstić information content (AvgIpc) is 2.33. The van der Waals surface area contributed by atoms with Gasteiger partial charge in [0, 0.05) is 18.1 Å². The van der Waals surface area contributed by atoms with Gasteiger partial charge < -0.3 is 15.0 Å². The van der Waals surface area contributed by atoms with Crippen LogP contribution in [-0.2, 0) is 9.53 Å². The minimum Gasteiger partial charge on any atom is -0.465 e. The van der Waals surface area contributed by atoms with Crippen molar-refractivity contribution < 1.29 is 9.53 Å². The van der Waals surface area contributed by atoms with Gasteiger partial charge in [0.25, 0.3) is 0 Å². The summed E-state index contributed by atoms with van der Waals surface area (Å²) in [5.74, 6) is -0.140. The van der Waals surface area contributed by atoms with Crippen molar-refractivity contribution in [1.29, 1.82) is 0 Å². The Morgan fingerprint density at radius 3 is 2.32 bits per heavy atom. The second-order valence-corrected chi connectivity index (χ2v) is 6.00. The first-order chi connectivity index (χ1) is 8.74. The predicted octanol–water partition coefficient (Wildman–Crippen LogP) is 2.43. The lowest BCUT2D eigenvalue weighted by atomic mass is 9.99. The summed E-state index contributed by atoms with van der Waals surface area (Å²) in [6.07, 6.45) is 1.86. The molecule has 0 heterocycles. The number of carbonyl (C=O) groups excluding carboxylic acids is 1. The van der Waals surface area contributed by atoms with Gasteiger partial charge in [-0.2, -0.15) is 0 Å². The Morgan fingerprint density at radius 2 is 1.89 bits per heavy atom. The minimum absolute atomic E-state index is 0.140. The van der Waals surface area contributed by atoms with Gasteiger partial charge in [0.15, 0.2) is 0 Å². The summed E-state index contributed by atoms with van der Waals surface area (Å²) in [4.78, 5) is 14.2. The smallest absolute Gasteiger partial charge is 0.323 e. The number of esters is 1. The Labute approximate surface area is 118 Å². The molecule has 0 aliphatic heterocycles. The molecule has 0 fully saturated rings. The van der Waals surface area contributed by atoms with E-state index in [1.54, 1.807) is 0 Å². The molecule has 0 rings (SSSR count). The molecule has 19 heavy (non-hydrogen) atoms. The van der Waals surface area contributed by atoms with Crippen LogP contribution >= 0.6 is 0 Å². The zero-order valence-electron chi connectivity index (χ0n) is 13.7. The summed E-state index contributed by atoms with van der Waals surface area (Å²) in [5.41, 5.74) is 0.164. The topological polar surface area (TPSA) is 41.6 Å². The molecule has 0 saturated heterocycles. The van der Waals surface area contributed by atoms with E-state index in [0.29, 0.717) is 6.61 Å². The third-order valence-corrected chi connectivity index (χ3v) is 3.76. The molecule has 1 unspecified atom stereocenters. The van der Waals surface area contributed by atoms with Gasteiger partial charge in [-0.3, -0.25) is 4.79 Å². The number of nitrogens with one attached hydrogen (secondary N) is 1. The van der Waals surface area contributed by atoms with E-state index in [-0.39, 0.29) is 23.6 Å². The maximum absolute atomic E-state index is 11.9. The fraction of sp³-hybridized carbons (Fsp3) is 0.933. The van der Waals surface area contributed by atoms with Gasteiger partial charge in [0.2, 0.25) is 0 Å². The van der Waals surface area contributed by atoms with E-state index in [1.165, 1.54) is 0 Å². The van der Waals surface area contributed by atoms with Gasteiger partial charge in [0.1, 0.15) is 6.04 Å². The fourth-order valence-electron chi connectivity index (χ4n) is 1.81. The van der Waals surface area contributed by atoms with Crippen LogP contribution < -0.4 is 5.32 Å². The molecule has 0 radical (unpaired) electrons. The summed E-state index contributed by atoms with van der Waals surface area (Å²) >= 11 is 0. The van der Waals surface area contributed by atoms with Crippen molar-refractivity contribution in [3.63, 3.8) is 0 Å². The van der Waals surface area contributed by atoms with E-state index in [1.807, 2.05) is 20.8 Å². The molecule has 0 aliphatic carbocycles. The second-order valence-electron chi connectivity index (χ2n) is 6.00. The zero-order valence-corrected chi connectivity index (χ0v) is 13.7. The molecule has 0 aromatic heterocycles. The van der Waals surface area contributed by atoms with Crippen LogP contribution in [0, 0.1) is 0 Å². The summed E-state index contributed by atoms with van der Waals surface area (Å²) in [6.45, 7) is 13.9. The van der Waals surface area contributed by atoms with Crippen LogP contribution in [0.15, 0.2) is 0 Å². The lowest BCUT2D eigenvalue weighted by molar-refractivity contribution is -0.146. The third kappa shape index (κ3) is 6.92. The Kier molecular flexibility index (Phi) is 8.26. The molecule has 1 atom stereocenters. The summed E-state index contributed by atoms with van der Waals surface area (Å²) in [7, 11) is 2.11. The van der Waals surface area contributed by atoms with Gasteiger partial charge in [-0.05, 0) is 40.7 Å². The van der Waals surface area contributed by atoms with Crippen molar-refractivity contribution in [3.8, 4) is 0 Å². The van der Waals surface area contributed by atoms with Crippen LogP contribution in [0.4, 0.5) is 0 Å². The van der Waals surface area contributed by atoms with Crippen molar-refractivity contribution in [2.24, 2.45) is 0 Å². The predicted molar refractivity (Wildman–Crippen MR) is 80.3 cm³/mol. The Hall–Kier alpha value is -0.610. The van der Waals surface area contributed by atoms with Gasteiger partial charge in [-0.15, -0.1) is 0 Å². The van der Waals surface area contributed by atoms with E-state index < -0.39 is 0 Å². The highest BCUT2D eigenvalue weighted by Gasteiger charge is 2.25. The van der Waals surface area contributed by atoms with Crippen LogP contribution in [-0.4, -0.2) is 48.7 Å². The molecular weight excluding hydrogens is 240 g/mol. The molecule has 114 valence electrons. The van der Waals surface area contributed by atoms with Gasteiger partial charge in [-0.1, -0.05) is 20.8 Å². The van der Waals surface area contributed by atoms with Crippen LogP contribution in [0.2, 0.25) is 0 Å². The Morgan fingerprint density at radius 1 is 1.32 bits per heavy atom. The summed E-state index contributed by atoms with van der Waals surface area (Å²) in [5, 5.41) is 3.29. The summed E-state index contributed by atoms with van der Waals surface area (Å²) < 4.78 is 5.13. The van der Waals surface area contributed by atoms with E-state index in [2.05, 4.69) is 38.0 Å². The molecule has 0 bridgehead atoms. The van der Waals surface area contributed by atoms with Gasteiger partial charge >= 0.3 is 5.97 Å². The van der Waals surface area contributed by atoms with Crippen molar-refractivity contribution >= 4 is 5.97 Å². The standard InChI is InChI=1S/C15H32N2O2/c1-8-15(5,6)17(7)11-10-13(16-12(3)4)14(18)19-9-2/h12-13,16H,8-11H2,1-7H3. The Bertz CT molecular complexity index is 265. The van der Waals surface area contributed by atoms with Crippen LogP contribution in [0.25, 0.3) is 0 Å². The maximum atomic E-state index is 11.9. The quantitative estimate of drug-likeness (QED) is 0.655.